The molecular weight excluding hydrogens is 238 g/mol. The van der Waals surface area contributed by atoms with Gasteiger partial charge in [0.05, 0.1) is 10.9 Å². The van der Waals surface area contributed by atoms with E-state index in [0.29, 0.717) is 5.82 Å². The van der Waals surface area contributed by atoms with Crippen LogP contribution in [0.25, 0.3) is 0 Å². The van der Waals surface area contributed by atoms with E-state index in [4.69, 9.17) is 0 Å². The number of hydrogen-bond donors (Lipinski definition) is 1. The van der Waals surface area contributed by atoms with Crippen LogP contribution >= 0.6 is 11.3 Å². The largest absolute Gasteiger partial charge is 0.343 e. The molecule has 2 aromatic rings. The molecule has 2 heterocycles. The average Bonchev–Trinajstić information content (AvgIpc) is 2.99. The number of carbonyl (C=O) groups is 1. The zero-order chi connectivity index (χ0) is 12.3. The highest BCUT2D eigenvalue weighted by atomic mass is 32.1. The molecule has 0 radical (unpaired) electrons. The van der Waals surface area contributed by atoms with Crippen LogP contribution in [0.5, 0.6) is 0 Å². The van der Waals surface area contributed by atoms with Crippen LogP contribution in [-0.2, 0) is 6.42 Å². The first-order valence-electron chi connectivity index (χ1n) is 5.36. The molecule has 0 aromatic carbocycles. The molecule has 0 spiro atoms. The highest BCUT2D eigenvalue weighted by Crippen LogP contribution is 2.18. The Balaban J connectivity index is 2.07. The number of nitrogens with one attached hydrogen (secondary N) is 1. The van der Waals surface area contributed by atoms with Crippen molar-refractivity contribution in [1.29, 1.82) is 0 Å². The second kappa shape index (κ2) is 5.09. The Morgan fingerprint density at radius 3 is 3.12 bits per heavy atom. The lowest BCUT2D eigenvalue weighted by Crippen LogP contribution is -2.27. The maximum atomic E-state index is 12.0. The summed E-state index contributed by atoms with van der Waals surface area (Å²) in [6.45, 7) is 3.85. The average molecular weight is 251 g/mol. The summed E-state index contributed by atoms with van der Waals surface area (Å²) in [5.41, 5.74) is 1.06. The van der Waals surface area contributed by atoms with Crippen LogP contribution in [0.15, 0.2) is 22.4 Å². The first-order chi connectivity index (χ1) is 8.22. The number of nitrogens with zero attached hydrogens (tertiary/aromatic N) is 2. The molecule has 0 aliphatic carbocycles. The van der Waals surface area contributed by atoms with Gasteiger partial charge in [0.2, 0.25) is 6.39 Å². The van der Waals surface area contributed by atoms with Gasteiger partial charge in [-0.1, -0.05) is 12.1 Å². The van der Waals surface area contributed by atoms with E-state index in [1.54, 1.807) is 0 Å². The van der Waals surface area contributed by atoms with Crippen molar-refractivity contribution in [2.45, 2.75) is 26.3 Å². The molecule has 0 aliphatic rings. The number of hydrogen-bond acceptors (Lipinski definition) is 5. The zero-order valence-electron chi connectivity index (χ0n) is 9.64. The molecule has 1 amide bonds. The van der Waals surface area contributed by atoms with E-state index in [-0.39, 0.29) is 11.9 Å². The predicted molar refractivity (Wildman–Crippen MR) is 63.9 cm³/mol. The first-order valence-corrected chi connectivity index (χ1v) is 6.23. The second-order valence-electron chi connectivity index (χ2n) is 3.61. The molecule has 0 fully saturated rings. The third kappa shape index (κ3) is 2.52. The van der Waals surface area contributed by atoms with Gasteiger partial charge < -0.3 is 9.84 Å². The number of aromatic nitrogens is 2. The molecule has 17 heavy (non-hydrogen) atoms. The van der Waals surface area contributed by atoms with Gasteiger partial charge in [-0.25, -0.2) is 0 Å². The maximum absolute atomic E-state index is 12.0. The molecule has 0 aliphatic heterocycles. The van der Waals surface area contributed by atoms with E-state index in [9.17, 15) is 4.79 Å². The fourth-order valence-corrected chi connectivity index (χ4v) is 2.41. The summed E-state index contributed by atoms with van der Waals surface area (Å²) in [5, 5.41) is 8.46. The molecule has 2 rings (SSSR count). The van der Waals surface area contributed by atoms with Crippen molar-refractivity contribution < 1.29 is 9.32 Å². The highest BCUT2D eigenvalue weighted by Gasteiger charge is 2.17. The van der Waals surface area contributed by atoms with E-state index in [2.05, 4.69) is 20.0 Å². The smallest absolute Gasteiger partial charge is 0.262 e. The Bertz CT molecular complexity index is 493. The Morgan fingerprint density at radius 1 is 1.65 bits per heavy atom. The van der Waals surface area contributed by atoms with Crippen LogP contribution in [0.3, 0.4) is 0 Å². The van der Waals surface area contributed by atoms with Gasteiger partial charge in [-0.3, -0.25) is 4.79 Å². The molecule has 5 nitrogen and oxygen atoms in total. The fourth-order valence-electron chi connectivity index (χ4n) is 1.51. The minimum absolute atomic E-state index is 0.0887. The molecule has 0 unspecified atom stereocenters. The summed E-state index contributed by atoms with van der Waals surface area (Å²) in [4.78, 5) is 16.7. The van der Waals surface area contributed by atoms with Crippen LogP contribution in [0.2, 0.25) is 0 Å². The van der Waals surface area contributed by atoms with Gasteiger partial charge in [-0.15, -0.1) is 11.3 Å². The van der Waals surface area contributed by atoms with Gasteiger partial charge in [0, 0.05) is 0 Å². The van der Waals surface area contributed by atoms with Gasteiger partial charge in [0.1, 0.15) is 0 Å². The van der Waals surface area contributed by atoms with E-state index >= 15 is 0 Å². The van der Waals surface area contributed by atoms with Crippen molar-refractivity contribution in [2.75, 3.05) is 0 Å². The summed E-state index contributed by atoms with van der Waals surface area (Å²) in [5.74, 6) is 0.391. The molecule has 1 N–H and O–H groups in total. The molecule has 1 atom stereocenters. The van der Waals surface area contributed by atoms with Crippen molar-refractivity contribution in [2.24, 2.45) is 0 Å². The molecule has 2 aromatic heterocycles. The van der Waals surface area contributed by atoms with Crippen LogP contribution < -0.4 is 5.32 Å². The lowest BCUT2D eigenvalue weighted by Gasteiger charge is -2.09. The lowest BCUT2D eigenvalue weighted by molar-refractivity contribution is 0.0941. The Labute approximate surface area is 103 Å². The van der Waals surface area contributed by atoms with E-state index < -0.39 is 0 Å². The molecule has 0 bridgehead atoms. The number of amides is 1. The predicted octanol–water partition coefficient (Wildman–Crippen LogP) is 2.18. The Morgan fingerprint density at radius 2 is 2.47 bits per heavy atom. The standard InChI is InChI=1S/C11H13N3O2S/c1-3-8-4-5-17-9(8)11(15)13-7(2)10-12-6-16-14-10/h4-7H,3H2,1-2H3,(H,13,15)/t7-/m0/s1. The number of carbonyl (C=O) groups excluding carboxylic acids is 1. The normalized spacial score (nSPS) is 12.4. The van der Waals surface area contributed by atoms with Gasteiger partial charge in [-0.05, 0) is 30.4 Å². The summed E-state index contributed by atoms with van der Waals surface area (Å²) in [6.07, 6.45) is 2.10. The van der Waals surface area contributed by atoms with Gasteiger partial charge in [0.25, 0.3) is 5.91 Å². The molecule has 0 saturated heterocycles. The van der Waals surface area contributed by atoms with Crippen LogP contribution in [0, 0.1) is 0 Å². The first kappa shape index (κ1) is 11.8. The SMILES string of the molecule is CCc1ccsc1C(=O)N[C@@H](C)c1ncon1. The van der Waals surface area contributed by atoms with E-state index in [1.807, 2.05) is 25.3 Å². The van der Waals surface area contributed by atoms with E-state index in [0.717, 1.165) is 16.9 Å². The molecule has 6 heteroatoms. The van der Waals surface area contributed by atoms with Crippen molar-refractivity contribution in [3.63, 3.8) is 0 Å². The maximum Gasteiger partial charge on any atom is 0.262 e. The fraction of sp³-hybridized carbons (Fsp3) is 0.364. The molecule has 90 valence electrons. The summed E-state index contributed by atoms with van der Waals surface area (Å²) in [7, 11) is 0. The Hall–Kier alpha value is -1.69. The van der Waals surface area contributed by atoms with Crippen LogP contribution in [0.1, 0.15) is 40.9 Å². The summed E-state index contributed by atoms with van der Waals surface area (Å²) < 4.78 is 4.64. The van der Waals surface area contributed by atoms with Gasteiger partial charge in [0.15, 0.2) is 5.82 Å². The Kier molecular flexibility index (Phi) is 3.53. The topological polar surface area (TPSA) is 68.0 Å². The monoisotopic (exact) mass is 251 g/mol. The zero-order valence-corrected chi connectivity index (χ0v) is 10.5. The minimum Gasteiger partial charge on any atom is -0.343 e. The van der Waals surface area contributed by atoms with E-state index in [1.165, 1.54) is 17.7 Å². The second-order valence-corrected chi connectivity index (χ2v) is 4.53. The summed E-state index contributed by atoms with van der Waals surface area (Å²) in [6, 6.07) is 1.71. The number of aryl methyl sites for hydroxylation is 1. The highest BCUT2D eigenvalue weighted by molar-refractivity contribution is 7.12. The van der Waals surface area contributed by atoms with Crippen molar-refractivity contribution in [3.8, 4) is 0 Å². The van der Waals surface area contributed by atoms with Crippen molar-refractivity contribution >= 4 is 17.2 Å². The molecular formula is C11H13N3O2S. The van der Waals surface area contributed by atoms with Gasteiger partial charge in [-0.2, -0.15) is 4.98 Å². The third-order valence-electron chi connectivity index (χ3n) is 2.45. The van der Waals surface area contributed by atoms with Crippen molar-refractivity contribution in [1.82, 2.24) is 15.5 Å². The minimum atomic E-state index is -0.256. The van der Waals surface area contributed by atoms with Gasteiger partial charge >= 0.3 is 0 Å². The lowest BCUT2D eigenvalue weighted by atomic mass is 10.2. The van der Waals surface area contributed by atoms with Crippen LogP contribution in [0.4, 0.5) is 0 Å². The number of thiophene rings is 1. The summed E-state index contributed by atoms with van der Waals surface area (Å²) >= 11 is 1.45. The third-order valence-corrected chi connectivity index (χ3v) is 3.40. The molecule has 0 saturated carbocycles. The quantitative estimate of drug-likeness (QED) is 0.904. The van der Waals surface area contributed by atoms with Crippen molar-refractivity contribution in [3.05, 3.63) is 34.1 Å². The van der Waals surface area contributed by atoms with Crippen LogP contribution in [-0.4, -0.2) is 16.0 Å². The number of rotatable bonds is 4.